The van der Waals surface area contributed by atoms with Gasteiger partial charge in [-0.3, -0.25) is 4.79 Å². The maximum Gasteiger partial charge on any atom is 0.264 e. The molecule has 0 saturated heterocycles. The molecule has 2 aromatic rings. The van der Waals surface area contributed by atoms with Gasteiger partial charge in [0.05, 0.1) is 24.2 Å². The van der Waals surface area contributed by atoms with Crippen molar-refractivity contribution in [3.05, 3.63) is 70.3 Å². The Morgan fingerprint density at radius 3 is 2.80 bits per heavy atom. The van der Waals surface area contributed by atoms with E-state index in [1.54, 1.807) is 13.2 Å². The fraction of sp³-hybridized carbons (Fsp3) is 0.531. The molecular weight excluding hydrogens is 560 g/mol. The molecular formula is C32H39ClN2O5S. The highest BCUT2D eigenvalue weighted by molar-refractivity contribution is 7.90. The van der Waals surface area contributed by atoms with E-state index in [0.29, 0.717) is 30.4 Å². The maximum absolute atomic E-state index is 13.2. The summed E-state index contributed by atoms with van der Waals surface area (Å²) in [6.07, 6.45) is 9.95. The number of methoxy groups -OCH3 is 1. The molecule has 2 aliphatic carbocycles. The number of anilines is 1. The lowest BCUT2D eigenvalue weighted by atomic mass is 9.68. The van der Waals surface area contributed by atoms with Crippen LogP contribution in [-0.2, 0) is 26.6 Å². The highest BCUT2D eigenvalue weighted by Gasteiger charge is 2.44. The van der Waals surface area contributed by atoms with E-state index in [2.05, 4.69) is 27.8 Å². The molecule has 4 aliphatic rings. The Balaban J connectivity index is 1.42. The van der Waals surface area contributed by atoms with Crippen LogP contribution in [0, 0.1) is 17.8 Å². The molecule has 0 unspecified atom stereocenters. The molecule has 1 fully saturated rings. The fourth-order valence-electron chi connectivity index (χ4n) is 7.32. The van der Waals surface area contributed by atoms with E-state index in [0.717, 1.165) is 61.7 Å². The number of amides is 1. The SMILES string of the molecule is CO[C@H]1/C=C/C[C@@H](C)CS(=O)(=O)NC(=O)c2ccc3c(c2)N(C[C@@H]2CC[C@H]21)C[C@]1(CCCc2cc(Cl)ccc21)CO3. The van der Waals surface area contributed by atoms with Crippen molar-refractivity contribution in [3.63, 3.8) is 0 Å². The average Bonchev–Trinajstić information content (AvgIpc) is 3.06. The Morgan fingerprint density at radius 2 is 2.02 bits per heavy atom. The summed E-state index contributed by atoms with van der Waals surface area (Å²) in [7, 11) is -2.05. The molecule has 2 bridgehead atoms. The maximum atomic E-state index is 13.2. The third-order valence-corrected chi connectivity index (χ3v) is 11.3. The van der Waals surface area contributed by atoms with Crippen molar-refractivity contribution in [1.82, 2.24) is 4.72 Å². The minimum atomic E-state index is -3.81. The summed E-state index contributed by atoms with van der Waals surface area (Å²) in [6, 6.07) is 11.5. The molecule has 41 heavy (non-hydrogen) atoms. The summed E-state index contributed by atoms with van der Waals surface area (Å²) in [6.45, 7) is 3.96. The molecule has 0 aromatic heterocycles. The normalized spacial score (nSPS) is 32.0. The van der Waals surface area contributed by atoms with Gasteiger partial charge in [0.2, 0.25) is 10.0 Å². The second-order valence-electron chi connectivity index (χ2n) is 12.5. The number of fused-ring (bicyclic) bond motifs is 4. The van der Waals surface area contributed by atoms with Gasteiger partial charge >= 0.3 is 0 Å². The zero-order valence-electron chi connectivity index (χ0n) is 23.8. The van der Waals surface area contributed by atoms with Crippen molar-refractivity contribution < 1.29 is 22.7 Å². The molecule has 1 amide bonds. The van der Waals surface area contributed by atoms with Gasteiger partial charge in [0.15, 0.2) is 0 Å². The number of halogens is 1. The van der Waals surface area contributed by atoms with Crippen LogP contribution >= 0.6 is 11.6 Å². The van der Waals surface area contributed by atoms with Gasteiger partial charge in [-0.05, 0) is 97.7 Å². The molecule has 220 valence electrons. The van der Waals surface area contributed by atoms with Crippen LogP contribution in [-0.4, -0.2) is 53.0 Å². The second kappa shape index (κ2) is 11.3. The van der Waals surface area contributed by atoms with Gasteiger partial charge in [-0.15, -0.1) is 0 Å². The van der Waals surface area contributed by atoms with E-state index in [1.165, 1.54) is 11.1 Å². The molecule has 2 aliphatic heterocycles. The monoisotopic (exact) mass is 598 g/mol. The lowest BCUT2D eigenvalue weighted by Crippen LogP contribution is -2.49. The Hall–Kier alpha value is -2.55. The van der Waals surface area contributed by atoms with Crippen LogP contribution in [0.4, 0.5) is 5.69 Å². The summed E-state index contributed by atoms with van der Waals surface area (Å²) in [5.74, 6) is 0.634. The summed E-state index contributed by atoms with van der Waals surface area (Å²) in [4.78, 5) is 15.6. The molecule has 9 heteroatoms. The summed E-state index contributed by atoms with van der Waals surface area (Å²) in [5.41, 5.74) is 3.49. The quantitative estimate of drug-likeness (QED) is 0.436. The number of hydrogen-bond acceptors (Lipinski definition) is 6. The fourth-order valence-corrected chi connectivity index (χ4v) is 8.88. The molecule has 5 atom stereocenters. The Kier molecular flexibility index (Phi) is 7.85. The van der Waals surface area contributed by atoms with Crippen LogP contribution < -0.4 is 14.4 Å². The summed E-state index contributed by atoms with van der Waals surface area (Å²) < 4.78 is 40.5. The van der Waals surface area contributed by atoms with E-state index in [4.69, 9.17) is 21.1 Å². The highest BCUT2D eigenvalue weighted by Crippen LogP contribution is 2.47. The predicted octanol–water partition coefficient (Wildman–Crippen LogP) is 5.51. The van der Waals surface area contributed by atoms with Crippen LogP contribution in [0.15, 0.2) is 48.6 Å². The Labute approximate surface area is 248 Å². The second-order valence-corrected chi connectivity index (χ2v) is 14.7. The van der Waals surface area contributed by atoms with E-state index < -0.39 is 15.9 Å². The lowest BCUT2D eigenvalue weighted by Gasteiger charge is -2.46. The van der Waals surface area contributed by atoms with Crippen molar-refractivity contribution in [1.29, 1.82) is 0 Å². The zero-order chi connectivity index (χ0) is 28.8. The van der Waals surface area contributed by atoms with Crippen LogP contribution in [0.3, 0.4) is 0 Å². The van der Waals surface area contributed by atoms with E-state index in [9.17, 15) is 13.2 Å². The molecule has 2 aromatic carbocycles. The minimum absolute atomic E-state index is 0.0225. The van der Waals surface area contributed by atoms with Crippen LogP contribution in [0.25, 0.3) is 0 Å². The van der Waals surface area contributed by atoms with Gasteiger partial charge in [-0.2, -0.15) is 0 Å². The largest absolute Gasteiger partial charge is 0.490 e. The third-order valence-electron chi connectivity index (χ3n) is 9.54. The first kappa shape index (κ1) is 28.6. The average molecular weight is 599 g/mol. The summed E-state index contributed by atoms with van der Waals surface area (Å²) >= 11 is 6.39. The molecule has 6 rings (SSSR count). The van der Waals surface area contributed by atoms with Gasteiger partial charge < -0.3 is 14.4 Å². The van der Waals surface area contributed by atoms with Crippen LogP contribution in [0.1, 0.15) is 60.5 Å². The highest BCUT2D eigenvalue weighted by atomic mass is 35.5. The van der Waals surface area contributed by atoms with Gasteiger partial charge in [-0.1, -0.05) is 36.7 Å². The number of allylic oxidation sites excluding steroid dienone is 1. The minimum Gasteiger partial charge on any atom is -0.490 e. The molecule has 7 nitrogen and oxygen atoms in total. The first-order chi connectivity index (χ1) is 19.7. The summed E-state index contributed by atoms with van der Waals surface area (Å²) in [5, 5.41) is 0.750. The van der Waals surface area contributed by atoms with Gasteiger partial charge in [0, 0.05) is 36.2 Å². The first-order valence-corrected chi connectivity index (χ1v) is 16.7. The smallest absolute Gasteiger partial charge is 0.264 e. The molecule has 1 spiro atoms. The molecule has 1 N–H and O–H groups in total. The van der Waals surface area contributed by atoms with Gasteiger partial charge in [0.25, 0.3) is 5.91 Å². The first-order valence-electron chi connectivity index (χ1n) is 14.7. The Morgan fingerprint density at radius 1 is 1.17 bits per heavy atom. The number of nitrogens with zero attached hydrogens (tertiary/aromatic N) is 1. The number of carbonyl (C=O) groups excluding carboxylic acids is 1. The van der Waals surface area contributed by atoms with E-state index in [1.807, 2.05) is 31.2 Å². The van der Waals surface area contributed by atoms with Crippen LogP contribution in [0.2, 0.25) is 5.02 Å². The van der Waals surface area contributed by atoms with E-state index in [-0.39, 0.29) is 23.2 Å². The zero-order valence-corrected chi connectivity index (χ0v) is 25.3. The van der Waals surface area contributed by atoms with Crippen molar-refractivity contribution in [2.24, 2.45) is 17.8 Å². The number of hydrogen-bond donors (Lipinski definition) is 1. The molecule has 2 heterocycles. The van der Waals surface area contributed by atoms with Gasteiger partial charge in [-0.25, -0.2) is 13.1 Å². The van der Waals surface area contributed by atoms with Crippen molar-refractivity contribution >= 4 is 33.2 Å². The predicted molar refractivity (Wildman–Crippen MR) is 161 cm³/mol. The number of aryl methyl sites for hydroxylation is 1. The topological polar surface area (TPSA) is 84.9 Å². The van der Waals surface area contributed by atoms with Crippen molar-refractivity contribution in [2.75, 3.05) is 37.5 Å². The number of nitrogens with one attached hydrogen (secondary N) is 1. The van der Waals surface area contributed by atoms with Gasteiger partial charge in [0.1, 0.15) is 5.75 Å². The molecule has 0 radical (unpaired) electrons. The van der Waals surface area contributed by atoms with Crippen molar-refractivity contribution in [3.8, 4) is 5.75 Å². The number of rotatable bonds is 1. The third kappa shape index (κ3) is 5.75. The Bertz CT molecular complexity index is 1460. The number of sulfonamides is 1. The number of benzene rings is 2. The number of ether oxygens (including phenoxy) is 2. The number of carbonyl (C=O) groups is 1. The lowest BCUT2D eigenvalue weighted by molar-refractivity contribution is 0.0131. The molecule has 1 saturated carbocycles. The standard InChI is InChI=1S/C32H39ClN2O5S/c1-21-5-3-7-29(39-2)26-11-8-24(26)17-35-19-32(14-4-6-22-15-25(33)10-12-27(22)32)20-40-30-13-9-23(16-28(30)35)31(36)34-41(37,38)18-21/h3,7,9-10,12-13,15-16,21,24,26,29H,4-6,8,11,14,17-20H2,1-2H3,(H,34,36)/b7-3+/t21-,24+,26-,29+,32-/m1/s1. The van der Waals surface area contributed by atoms with Crippen LogP contribution in [0.5, 0.6) is 5.75 Å². The van der Waals surface area contributed by atoms with E-state index >= 15 is 0 Å². The van der Waals surface area contributed by atoms with Crippen molar-refractivity contribution in [2.45, 2.75) is 57.0 Å².